The van der Waals surface area contributed by atoms with Crippen LogP contribution in [0.25, 0.3) is 0 Å². The lowest BCUT2D eigenvalue weighted by Gasteiger charge is -2.28. The molecule has 1 unspecified atom stereocenters. The molecule has 1 atom stereocenters. The van der Waals surface area contributed by atoms with Crippen LogP contribution in [0.2, 0.25) is 0 Å². The highest BCUT2D eigenvalue weighted by molar-refractivity contribution is 7.07. The molecule has 1 aromatic rings. The SMILES string of the molecule is CC(NCC1(CO)CCCC1)c1cscn1. The molecule has 90 valence electrons. The van der Waals surface area contributed by atoms with Gasteiger partial charge in [-0.3, -0.25) is 0 Å². The molecule has 1 heterocycles. The molecule has 0 aromatic carbocycles. The van der Waals surface area contributed by atoms with Crippen LogP contribution in [0.1, 0.15) is 44.3 Å². The highest BCUT2D eigenvalue weighted by atomic mass is 32.1. The Kier molecular flexibility index (Phi) is 3.95. The van der Waals surface area contributed by atoms with Gasteiger partial charge in [-0.05, 0) is 19.8 Å². The maximum absolute atomic E-state index is 9.51. The number of nitrogens with zero attached hydrogens (tertiary/aromatic N) is 1. The van der Waals surface area contributed by atoms with E-state index in [-0.39, 0.29) is 11.5 Å². The van der Waals surface area contributed by atoms with Crippen molar-refractivity contribution in [3.8, 4) is 0 Å². The fourth-order valence-corrected chi connectivity index (χ4v) is 3.07. The molecular weight excluding hydrogens is 220 g/mol. The van der Waals surface area contributed by atoms with E-state index in [0.29, 0.717) is 6.61 Å². The summed E-state index contributed by atoms with van der Waals surface area (Å²) in [4.78, 5) is 4.30. The Labute approximate surface area is 101 Å². The van der Waals surface area contributed by atoms with E-state index in [0.717, 1.165) is 25.1 Å². The summed E-state index contributed by atoms with van der Waals surface area (Å²) >= 11 is 1.63. The van der Waals surface area contributed by atoms with Crippen LogP contribution in [0.5, 0.6) is 0 Å². The number of thiazole rings is 1. The van der Waals surface area contributed by atoms with Gasteiger partial charge in [-0.1, -0.05) is 12.8 Å². The third kappa shape index (κ3) is 2.62. The molecule has 16 heavy (non-hydrogen) atoms. The van der Waals surface area contributed by atoms with Crippen LogP contribution in [0.3, 0.4) is 0 Å². The summed E-state index contributed by atoms with van der Waals surface area (Å²) in [6.07, 6.45) is 4.82. The third-order valence-corrected chi connectivity index (χ3v) is 4.28. The highest BCUT2D eigenvalue weighted by Crippen LogP contribution is 2.37. The Hall–Kier alpha value is -0.450. The van der Waals surface area contributed by atoms with E-state index in [4.69, 9.17) is 0 Å². The first-order valence-electron chi connectivity index (χ1n) is 5.98. The van der Waals surface area contributed by atoms with Crippen molar-refractivity contribution in [3.05, 3.63) is 16.6 Å². The molecule has 0 aliphatic heterocycles. The number of hydrogen-bond donors (Lipinski definition) is 2. The second kappa shape index (κ2) is 5.25. The molecule has 1 aliphatic carbocycles. The van der Waals surface area contributed by atoms with Crippen LogP contribution in [0, 0.1) is 5.41 Å². The minimum atomic E-state index is 0.129. The summed E-state index contributed by atoms with van der Waals surface area (Å²) in [5.41, 5.74) is 3.10. The number of rotatable bonds is 5. The molecule has 1 saturated carbocycles. The molecule has 0 radical (unpaired) electrons. The van der Waals surface area contributed by atoms with Crippen molar-refractivity contribution < 1.29 is 5.11 Å². The quantitative estimate of drug-likeness (QED) is 0.830. The van der Waals surface area contributed by atoms with Crippen LogP contribution >= 0.6 is 11.3 Å². The zero-order chi connectivity index (χ0) is 11.4. The second-order valence-electron chi connectivity index (χ2n) is 4.88. The Morgan fingerprint density at radius 1 is 1.56 bits per heavy atom. The van der Waals surface area contributed by atoms with Gasteiger partial charge < -0.3 is 10.4 Å². The van der Waals surface area contributed by atoms with Gasteiger partial charge in [0, 0.05) is 30.0 Å². The molecule has 4 heteroatoms. The Morgan fingerprint density at radius 3 is 2.88 bits per heavy atom. The normalized spacial score (nSPS) is 21.1. The van der Waals surface area contributed by atoms with Crippen molar-refractivity contribution in [2.24, 2.45) is 5.41 Å². The lowest BCUT2D eigenvalue weighted by Crippen LogP contribution is -2.36. The Morgan fingerprint density at radius 2 is 2.31 bits per heavy atom. The largest absolute Gasteiger partial charge is 0.396 e. The van der Waals surface area contributed by atoms with Crippen LogP contribution in [-0.4, -0.2) is 23.2 Å². The van der Waals surface area contributed by atoms with Crippen molar-refractivity contribution in [2.45, 2.75) is 38.6 Å². The van der Waals surface area contributed by atoms with Gasteiger partial charge >= 0.3 is 0 Å². The van der Waals surface area contributed by atoms with Gasteiger partial charge in [-0.25, -0.2) is 4.98 Å². The van der Waals surface area contributed by atoms with Crippen molar-refractivity contribution in [2.75, 3.05) is 13.2 Å². The summed E-state index contributed by atoms with van der Waals surface area (Å²) in [5.74, 6) is 0. The number of aliphatic hydroxyl groups excluding tert-OH is 1. The average Bonchev–Trinajstić information content (AvgIpc) is 2.98. The van der Waals surface area contributed by atoms with Crippen molar-refractivity contribution in [1.29, 1.82) is 0 Å². The number of hydrogen-bond acceptors (Lipinski definition) is 4. The predicted molar refractivity (Wildman–Crippen MR) is 66.5 cm³/mol. The smallest absolute Gasteiger partial charge is 0.0795 e. The lowest BCUT2D eigenvalue weighted by atomic mass is 9.87. The number of aromatic nitrogens is 1. The predicted octanol–water partition coefficient (Wildman–Crippen LogP) is 2.35. The van der Waals surface area contributed by atoms with Crippen LogP contribution < -0.4 is 5.32 Å². The van der Waals surface area contributed by atoms with Gasteiger partial charge in [0.1, 0.15) is 0 Å². The molecule has 1 aliphatic rings. The van der Waals surface area contributed by atoms with Gasteiger partial charge in [0.2, 0.25) is 0 Å². The zero-order valence-electron chi connectivity index (χ0n) is 9.78. The summed E-state index contributed by atoms with van der Waals surface area (Å²) in [7, 11) is 0. The second-order valence-corrected chi connectivity index (χ2v) is 5.60. The van der Waals surface area contributed by atoms with Gasteiger partial charge in [0.25, 0.3) is 0 Å². The topological polar surface area (TPSA) is 45.1 Å². The first kappa shape index (κ1) is 12.0. The Balaban J connectivity index is 1.86. The zero-order valence-corrected chi connectivity index (χ0v) is 10.6. The first-order valence-corrected chi connectivity index (χ1v) is 6.92. The molecule has 0 bridgehead atoms. The monoisotopic (exact) mass is 240 g/mol. The van der Waals surface area contributed by atoms with E-state index in [2.05, 4.69) is 22.6 Å². The van der Waals surface area contributed by atoms with Gasteiger partial charge in [-0.15, -0.1) is 11.3 Å². The summed E-state index contributed by atoms with van der Waals surface area (Å²) in [5, 5.41) is 15.1. The van der Waals surface area contributed by atoms with E-state index in [1.165, 1.54) is 12.8 Å². The van der Waals surface area contributed by atoms with E-state index in [1.807, 2.05) is 5.51 Å². The molecule has 1 aromatic heterocycles. The molecule has 0 amide bonds. The molecule has 0 saturated heterocycles. The van der Waals surface area contributed by atoms with Gasteiger partial charge in [0.05, 0.1) is 11.2 Å². The average molecular weight is 240 g/mol. The minimum Gasteiger partial charge on any atom is -0.396 e. The first-order chi connectivity index (χ1) is 7.76. The van der Waals surface area contributed by atoms with Crippen molar-refractivity contribution in [1.82, 2.24) is 10.3 Å². The summed E-state index contributed by atoms with van der Waals surface area (Å²) in [6, 6.07) is 0.287. The molecule has 2 N–H and O–H groups in total. The molecule has 0 spiro atoms. The van der Waals surface area contributed by atoms with Gasteiger partial charge in [0.15, 0.2) is 0 Å². The fraction of sp³-hybridized carbons (Fsp3) is 0.750. The van der Waals surface area contributed by atoms with E-state index in [9.17, 15) is 5.11 Å². The van der Waals surface area contributed by atoms with Gasteiger partial charge in [-0.2, -0.15) is 0 Å². The number of aliphatic hydroxyl groups is 1. The van der Waals surface area contributed by atoms with E-state index >= 15 is 0 Å². The molecule has 2 rings (SSSR count). The highest BCUT2D eigenvalue weighted by Gasteiger charge is 2.33. The maximum Gasteiger partial charge on any atom is 0.0795 e. The maximum atomic E-state index is 9.51. The fourth-order valence-electron chi connectivity index (χ4n) is 2.43. The third-order valence-electron chi connectivity index (χ3n) is 3.68. The van der Waals surface area contributed by atoms with Crippen LogP contribution in [-0.2, 0) is 0 Å². The lowest BCUT2D eigenvalue weighted by molar-refractivity contribution is 0.125. The summed E-state index contributed by atoms with van der Waals surface area (Å²) < 4.78 is 0. The Bertz CT molecular complexity index is 307. The van der Waals surface area contributed by atoms with Crippen molar-refractivity contribution in [3.63, 3.8) is 0 Å². The minimum absolute atomic E-state index is 0.129. The standard InChI is InChI=1S/C12H20N2OS/c1-10(11-6-16-9-14-11)13-7-12(8-15)4-2-3-5-12/h6,9-10,13,15H,2-5,7-8H2,1H3. The van der Waals surface area contributed by atoms with Crippen LogP contribution in [0.4, 0.5) is 0 Å². The van der Waals surface area contributed by atoms with E-state index < -0.39 is 0 Å². The molecule has 3 nitrogen and oxygen atoms in total. The number of nitrogens with one attached hydrogen (secondary N) is 1. The summed E-state index contributed by atoms with van der Waals surface area (Å²) in [6.45, 7) is 3.35. The molecule has 1 fully saturated rings. The van der Waals surface area contributed by atoms with Crippen LogP contribution in [0.15, 0.2) is 10.9 Å². The van der Waals surface area contributed by atoms with Crippen molar-refractivity contribution >= 4 is 11.3 Å². The molecular formula is C12H20N2OS. The van der Waals surface area contributed by atoms with E-state index in [1.54, 1.807) is 11.3 Å².